The third-order valence-electron chi connectivity index (χ3n) is 4.29. The van der Waals surface area contributed by atoms with Crippen molar-refractivity contribution >= 4 is 21.8 Å². The molecule has 0 saturated carbocycles. The highest BCUT2D eigenvalue weighted by molar-refractivity contribution is 7.88. The molecule has 1 aliphatic rings. The molecule has 2 rings (SSSR count). The van der Waals surface area contributed by atoms with Crippen LogP contribution in [0.15, 0.2) is 24.3 Å². The van der Waals surface area contributed by atoms with Gasteiger partial charge in [-0.3, -0.25) is 9.59 Å². The lowest BCUT2D eigenvalue weighted by atomic mass is 10.2. The fourth-order valence-electron chi connectivity index (χ4n) is 2.78. The molecule has 9 heteroatoms. The van der Waals surface area contributed by atoms with E-state index in [0.29, 0.717) is 38.5 Å². The van der Waals surface area contributed by atoms with E-state index in [1.165, 1.54) is 4.31 Å². The molecule has 1 heterocycles. The molecular formula is C17H25N3O5S. The number of carbonyl (C=O) groups excluding carboxylic acids is 2. The molecule has 0 aromatic heterocycles. The molecule has 2 amide bonds. The van der Waals surface area contributed by atoms with Gasteiger partial charge >= 0.3 is 0 Å². The first kappa shape index (κ1) is 20.2. The van der Waals surface area contributed by atoms with Crippen molar-refractivity contribution in [3.63, 3.8) is 0 Å². The SMILES string of the molecule is COc1ccccc1CNC(=O)CCC(=O)N1CCN(S(C)(=O)=O)CC1. The van der Waals surface area contributed by atoms with Crippen LogP contribution in [-0.2, 0) is 26.2 Å². The van der Waals surface area contributed by atoms with Crippen molar-refractivity contribution in [1.82, 2.24) is 14.5 Å². The first-order valence-electron chi connectivity index (χ1n) is 8.42. The van der Waals surface area contributed by atoms with Crippen molar-refractivity contribution in [2.24, 2.45) is 0 Å². The standard InChI is InChI=1S/C17H25N3O5S/c1-25-15-6-4-3-5-14(15)13-18-16(21)7-8-17(22)19-9-11-20(12-10-19)26(2,23)24/h3-6H,7-13H2,1-2H3,(H,18,21). The van der Waals surface area contributed by atoms with Crippen LogP contribution >= 0.6 is 0 Å². The number of hydrogen-bond acceptors (Lipinski definition) is 5. The first-order valence-corrected chi connectivity index (χ1v) is 10.3. The normalized spacial score (nSPS) is 15.5. The van der Waals surface area contributed by atoms with Crippen molar-refractivity contribution in [1.29, 1.82) is 0 Å². The van der Waals surface area contributed by atoms with Crippen molar-refractivity contribution < 1.29 is 22.7 Å². The van der Waals surface area contributed by atoms with Crippen molar-refractivity contribution in [2.75, 3.05) is 39.5 Å². The largest absolute Gasteiger partial charge is 0.496 e. The molecule has 1 N–H and O–H groups in total. The van der Waals surface area contributed by atoms with Crippen LogP contribution < -0.4 is 10.1 Å². The molecule has 0 unspecified atom stereocenters. The van der Waals surface area contributed by atoms with Crippen molar-refractivity contribution in [2.45, 2.75) is 19.4 Å². The Bertz CT molecular complexity index is 743. The third-order valence-corrected chi connectivity index (χ3v) is 5.60. The van der Waals surface area contributed by atoms with Gasteiger partial charge in [-0.1, -0.05) is 18.2 Å². The second-order valence-electron chi connectivity index (χ2n) is 6.13. The second kappa shape index (κ2) is 9.00. The maximum absolute atomic E-state index is 12.2. The quantitative estimate of drug-likeness (QED) is 0.725. The van der Waals surface area contributed by atoms with Crippen LogP contribution in [0.4, 0.5) is 0 Å². The van der Waals surface area contributed by atoms with Gasteiger partial charge in [0.15, 0.2) is 0 Å². The van der Waals surface area contributed by atoms with Gasteiger partial charge in [0.1, 0.15) is 5.75 Å². The Kier molecular flexibility index (Phi) is 6.98. The number of sulfonamides is 1. The predicted molar refractivity (Wildman–Crippen MR) is 97.1 cm³/mol. The molecule has 1 saturated heterocycles. The van der Waals surface area contributed by atoms with Crippen LogP contribution in [0.25, 0.3) is 0 Å². The lowest BCUT2D eigenvalue weighted by molar-refractivity contribution is -0.134. The van der Waals surface area contributed by atoms with E-state index in [-0.39, 0.29) is 24.7 Å². The average Bonchev–Trinajstić information content (AvgIpc) is 2.64. The molecular weight excluding hydrogens is 358 g/mol. The zero-order valence-corrected chi connectivity index (χ0v) is 15.9. The van der Waals surface area contributed by atoms with E-state index >= 15 is 0 Å². The summed E-state index contributed by atoms with van der Waals surface area (Å²) in [4.78, 5) is 25.8. The molecule has 0 atom stereocenters. The number of rotatable bonds is 7. The summed E-state index contributed by atoms with van der Waals surface area (Å²) in [6.07, 6.45) is 1.37. The molecule has 0 bridgehead atoms. The molecule has 1 fully saturated rings. The van der Waals surface area contributed by atoms with Gasteiger partial charge in [0.05, 0.1) is 13.4 Å². The number of amides is 2. The van der Waals surface area contributed by atoms with E-state index < -0.39 is 10.0 Å². The van der Waals surface area contributed by atoms with Gasteiger partial charge in [-0.05, 0) is 6.07 Å². The van der Waals surface area contributed by atoms with Gasteiger partial charge in [0, 0.05) is 51.1 Å². The molecule has 1 aromatic rings. The molecule has 0 spiro atoms. The minimum Gasteiger partial charge on any atom is -0.496 e. The van der Waals surface area contributed by atoms with Crippen molar-refractivity contribution in [3.05, 3.63) is 29.8 Å². The van der Waals surface area contributed by atoms with Gasteiger partial charge in [-0.15, -0.1) is 0 Å². The lowest BCUT2D eigenvalue weighted by Crippen LogP contribution is -2.50. The number of hydrogen-bond donors (Lipinski definition) is 1. The van der Waals surface area contributed by atoms with Gasteiger partial charge in [0.2, 0.25) is 21.8 Å². The van der Waals surface area contributed by atoms with Gasteiger partial charge < -0.3 is 15.0 Å². The van der Waals surface area contributed by atoms with Crippen LogP contribution in [0.3, 0.4) is 0 Å². The van der Waals surface area contributed by atoms with E-state index in [0.717, 1.165) is 11.8 Å². The molecule has 26 heavy (non-hydrogen) atoms. The van der Waals surface area contributed by atoms with E-state index in [4.69, 9.17) is 4.74 Å². The highest BCUT2D eigenvalue weighted by atomic mass is 32.2. The van der Waals surface area contributed by atoms with Crippen LogP contribution in [0, 0.1) is 0 Å². The Morgan fingerprint density at radius 2 is 1.77 bits per heavy atom. The topological polar surface area (TPSA) is 96.0 Å². The second-order valence-corrected chi connectivity index (χ2v) is 8.11. The van der Waals surface area contributed by atoms with Gasteiger partial charge in [-0.2, -0.15) is 4.31 Å². The summed E-state index contributed by atoms with van der Waals surface area (Å²) in [5, 5.41) is 2.78. The molecule has 1 aromatic carbocycles. The molecule has 8 nitrogen and oxygen atoms in total. The number of ether oxygens (including phenoxy) is 1. The Morgan fingerprint density at radius 3 is 2.38 bits per heavy atom. The monoisotopic (exact) mass is 383 g/mol. The highest BCUT2D eigenvalue weighted by Crippen LogP contribution is 2.16. The van der Waals surface area contributed by atoms with Gasteiger partial charge in [-0.25, -0.2) is 8.42 Å². The molecule has 0 aliphatic carbocycles. The Hall–Kier alpha value is -2.13. The summed E-state index contributed by atoms with van der Waals surface area (Å²) in [6, 6.07) is 7.41. The number of carbonyl (C=O) groups is 2. The van der Waals surface area contributed by atoms with Crippen LogP contribution in [0.1, 0.15) is 18.4 Å². The van der Waals surface area contributed by atoms with E-state index in [1.54, 1.807) is 12.0 Å². The third kappa shape index (κ3) is 5.70. The zero-order valence-electron chi connectivity index (χ0n) is 15.1. The summed E-state index contributed by atoms with van der Waals surface area (Å²) in [6.45, 7) is 1.64. The minimum absolute atomic E-state index is 0.0975. The Labute approximate surface area is 154 Å². The summed E-state index contributed by atoms with van der Waals surface area (Å²) in [5.74, 6) is 0.359. The maximum Gasteiger partial charge on any atom is 0.223 e. The fraction of sp³-hybridized carbons (Fsp3) is 0.529. The first-order chi connectivity index (χ1) is 12.3. The summed E-state index contributed by atoms with van der Waals surface area (Å²) in [7, 11) is -1.65. The predicted octanol–water partition coefficient (Wildman–Crippen LogP) is 0.195. The Balaban J connectivity index is 1.73. The summed E-state index contributed by atoms with van der Waals surface area (Å²) >= 11 is 0. The van der Waals surface area contributed by atoms with Crippen LogP contribution in [0.2, 0.25) is 0 Å². The molecule has 144 valence electrons. The molecule has 0 radical (unpaired) electrons. The number of methoxy groups -OCH3 is 1. The average molecular weight is 383 g/mol. The maximum atomic E-state index is 12.2. The number of piperazine rings is 1. The number of nitrogens with zero attached hydrogens (tertiary/aromatic N) is 2. The Morgan fingerprint density at radius 1 is 1.12 bits per heavy atom. The summed E-state index contributed by atoms with van der Waals surface area (Å²) < 4.78 is 29.5. The minimum atomic E-state index is -3.22. The smallest absolute Gasteiger partial charge is 0.223 e. The van der Waals surface area contributed by atoms with Gasteiger partial charge in [0.25, 0.3) is 0 Å². The van der Waals surface area contributed by atoms with E-state index in [9.17, 15) is 18.0 Å². The number of benzene rings is 1. The van der Waals surface area contributed by atoms with E-state index in [1.807, 2.05) is 24.3 Å². The van der Waals surface area contributed by atoms with E-state index in [2.05, 4.69) is 5.32 Å². The number of para-hydroxylation sites is 1. The van der Waals surface area contributed by atoms with Crippen LogP contribution in [0.5, 0.6) is 5.75 Å². The fourth-order valence-corrected chi connectivity index (χ4v) is 3.61. The summed E-state index contributed by atoms with van der Waals surface area (Å²) in [5.41, 5.74) is 0.867. The highest BCUT2D eigenvalue weighted by Gasteiger charge is 2.26. The lowest BCUT2D eigenvalue weighted by Gasteiger charge is -2.33. The molecule has 1 aliphatic heterocycles. The van der Waals surface area contributed by atoms with Crippen LogP contribution in [-0.4, -0.2) is 69.0 Å². The number of nitrogens with one attached hydrogen (secondary N) is 1. The zero-order chi connectivity index (χ0) is 19.2. The van der Waals surface area contributed by atoms with Crippen molar-refractivity contribution in [3.8, 4) is 5.75 Å².